The first-order valence-electron chi connectivity index (χ1n) is 17.9. The lowest BCUT2D eigenvalue weighted by Crippen LogP contribution is -2.10. The highest BCUT2D eigenvalue weighted by molar-refractivity contribution is 6.22. The number of benzene rings is 9. The van der Waals surface area contributed by atoms with Crippen LogP contribution in [0.15, 0.2) is 206 Å². The Labute approximate surface area is 303 Å². The van der Waals surface area contributed by atoms with Crippen LogP contribution in [0.5, 0.6) is 0 Å². The average Bonchev–Trinajstić information content (AvgIpc) is 3.55. The summed E-state index contributed by atoms with van der Waals surface area (Å²) in [6.45, 7) is 0. The largest absolute Gasteiger partial charge is 0.310 e. The van der Waals surface area contributed by atoms with Gasteiger partial charge in [-0.3, -0.25) is 0 Å². The molecule has 0 unspecified atom stereocenters. The van der Waals surface area contributed by atoms with Crippen molar-refractivity contribution in [2.75, 3.05) is 4.90 Å². The van der Waals surface area contributed by atoms with Crippen molar-refractivity contribution >= 4 is 60.4 Å². The molecule has 2 heteroatoms. The molecule has 0 spiro atoms. The maximum Gasteiger partial charge on any atom is 0.0561 e. The molecule has 52 heavy (non-hydrogen) atoms. The predicted molar refractivity (Wildman–Crippen MR) is 221 cm³/mol. The third-order valence-electron chi connectivity index (χ3n) is 10.3. The Morgan fingerprint density at radius 1 is 0.288 bits per heavy atom. The summed E-state index contributed by atoms with van der Waals surface area (Å²) in [6, 6.07) is 74.6. The lowest BCUT2D eigenvalue weighted by molar-refractivity contribution is 1.18. The summed E-state index contributed by atoms with van der Waals surface area (Å²) in [6.07, 6.45) is 0. The van der Waals surface area contributed by atoms with E-state index in [0.29, 0.717) is 0 Å². The zero-order valence-corrected chi connectivity index (χ0v) is 28.5. The van der Waals surface area contributed by atoms with Crippen LogP contribution in [-0.4, -0.2) is 4.57 Å². The minimum atomic E-state index is 1.10. The molecule has 244 valence electrons. The van der Waals surface area contributed by atoms with E-state index in [9.17, 15) is 0 Å². The van der Waals surface area contributed by atoms with Crippen molar-refractivity contribution in [3.8, 4) is 27.9 Å². The second-order valence-electron chi connectivity index (χ2n) is 13.3. The Bertz CT molecular complexity index is 2870. The second kappa shape index (κ2) is 12.5. The van der Waals surface area contributed by atoms with E-state index in [1.165, 1.54) is 65.6 Å². The van der Waals surface area contributed by atoms with Crippen molar-refractivity contribution < 1.29 is 0 Å². The summed E-state index contributed by atoms with van der Waals surface area (Å²) in [4.78, 5) is 2.40. The van der Waals surface area contributed by atoms with Crippen molar-refractivity contribution in [1.82, 2.24) is 4.57 Å². The van der Waals surface area contributed by atoms with Crippen molar-refractivity contribution in [3.05, 3.63) is 206 Å². The van der Waals surface area contributed by atoms with Gasteiger partial charge in [0, 0.05) is 33.5 Å². The summed E-state index contributed by atoms with van der Waals surface area (Å²) in [5, 5.41) is 7.44. The van der Waals surface area contributed by atoms with Gasteiger partial charge in [0.25, 0.3) is 0 Å². The quantitative estimate of drug-likeness (QED) is 0.161. The lowest BCUT2D eigenvalue weighted by atomic mass is 9.85. The summed E-state index contributed by atoms with van der Waals surface area (Å²) in [5.41, 5.74) is 11.8. The molecule has 10 aromatic rings. The molecule has 0 aliphatic carbocycles. The van der Waals surface area contributed by atoms with Crippen molar-refractivity contribution in [2.24, 2.45) is 0 Å². The zero-order valence-electron chi connectivity index (χ0n) is 28.5. The topological polar surface area (TPSA) is 8.17 Å². The van der Waals surface area contributed by atoms with Gasteiger partial charge >= 0.3 is 0 Å². The standard InChI is InChI=1S/C50H34N2/c1-5-17-35(18-6-1)49-44-27-14-13-25-41(44)46-33-39(30-32-45(46)50(49)36-19-7-2-8-20-36)51(37-21-9-3-10-22-37)40-29-31-43-42-26-15-16-28-47(42)52(48(43)34-40)38-23-11-4-12-24-38/h1-34H. The van der Waals surface area contributed by atoms with E-state index in [0.717, 1.165) is 22.7 Å². The van der Waals surface area contributed by atoms with Gasteiger partial charge < -0.3 is 9.47 Å². The summed E-state index contributed by atoms with van der Waals surface area (Å²) in [7, 11) is 0. The Hall–Kier alpha value is -6.90. The Kier molecular flexibility index (Phi) is 7.18. The van der Waals surface area contributed by atoms with Gasteiger partial charge in [-0.25, -0.2) is 0 Å². The van der Waals surface area contributed by atoms with E-state index in [2.05, 4.69) is 216 Å². The smallest absolute Gasteiger partial charge is 0.0561 e. The van der Waals surface area contributed by atoms with Crippen molar-refractivity contribution in [2.45, 2.75) is 0 Å². The fourth-order valence-electron chi connectivity index (χ4n) is 8.10. The fraction of sp³-hybridized carbons (Fsp3) is 0. The molecule has 0 saturated heterocycles. The lowest BCUT2D eigenvalue weighted by Gasteiger charge is -2.27. The van der Waals surface area contributed by atoms with Crippen LogP contribution in [0.2, 0.25) is 0 Å². The number of anilines is 3. The summed E-state index contributed by atoms with van der Waals surface area (Å²) >= 11 is 0. The van der Waals surface area contributed by atoms with E-state index in [1.807, 2.05) is 0 Å². The van der Waals surface area contributed by atoms with Crippen LogP contribution in [0.1, 0.15) is 0 Å². The minimum absolute atomic E-state index is 1.10. The molecule has 2 nitrogen and oxygen atoms in total. The van der Waals surface area contributed by atoms with Crippen molar-refractivity contribution in [3.63, 3.8) is 0 Å². The maximum absolute atomic E-state index is 2.40. The van der Waals surface area contributed by atoms with Crippen LogP contribution in [0, 0.1) is 0 Å². The van der Waals surface area contributed by atoms with Gasteiger partial charge in [-0.1, -0.05) is 152 Å². The van der Waals surface area contributed by atoms with Gasteiger partial charge in [-0.05, 0) is 98.4 Å². The van der Waals surface area contributed by atoms with E-state index in [1.54, 1.807) is 0 Å². The molecule has 1 aromatic heterocycles. The minimum Gasteiger partial charge on any atom is -0.310 e. The maximum atomic E-state index is 2.40. The monoisotopic (exact) mass is 662 g/mol. The highest BCUT2D eigenvalue weighted by Gasteiger charge is 2.21. The molecule has 9 aromatic carbocycles. The molecule has 0 radical (unpaired) electrons. The molecule has 0 aliphatic heterocycles. The molecule has 0 aliphatic rings. The number of rotatable bonds is 6. The van der Waals surface area contributed by atoms with Crippen LogP contribution < -0.4 is 4.90 Å². The molecule has 0 amide bonds. The van der Waals surface area contributed by atoms with E-state index in [4.69, 9.17) is 0 Å². The normalized spacial score (nSPS) is 11.5. The third-order valence-corrected chi connectivity index (χ3v) is 10.3. The van der Waals surface area contributed by atoms with Crippen LogP contribution in [0.3, 0.4) is 0 Å². The van der Waals surface area contributed by atoms with Gasteiger partial charge in [-0.15, -0.1) is 0 Å². The summed E-state index contributed by atoms with van der Waals surface area (Å²) in [5.74, 6) is 0. The van der Waals surface area contributed by atoms with Gasteiger partial charge in [0.1, 0.15) is 0 Å². The first kappa shape index (κ1) is 30.0. The number of fused-ring (bicyclic) bond motifs is 6. The molecule has 10 rings (SSSR count). The Morgan fingerprint density at radius 3 is 1.40 bits per heavy atom. The molecular weight excluding hydrogens is 629 g/mol. The van der Waals surface area contributed by atoms with Crippen molar-refractivity contribution in [1.29, 1.82) is 0 Å². The second-order valence-corrected chi connectivity index (χ2v) is 13.3. The molecule has 0 fully saturated rings. The van der Waals surface area contributed by atoms with Crippen LogP contribution >= 0.6 is 0 Å². The first-order valence-corrected chi connectivity index (χ1v) is 17.9. The van der Waals surface area contributed by atoms with E-state index in [-0.39, 0.29) is 0 Å². The molecule has 1 heterocycles. The first-order chi connectivity index (χ1) is 25.8. The Balaban J connectivity index is 1.26. The highest BCUT2D eigenvalue weighted by Crippen LogP contribution is 2.47. The number of hydrogen-bond acceptors (Lipinski definition) is 1. The number of aromatic nitrogens is 1. The SMILES string of the molecule is c1ccc(-c2c(-c3ccccc3)c3ccc(N(c4ccccc4)c4ccc5c6ccccc6n(-c6ccccc6)c5c4)cc3c3ccccc23)cc1. The fourth-order valence-corrected chi connectivity index (χ4v) is 8.10. The van der Waals surface area contributed by atoms with Crippen LogP contribution in [0.4, 0.5) is 17.1 Å². The molecule has 0 saturated carbocycles. The van der Waals surface area contributed by atoms with Gasteiger partial charge in [0.15, 0.2) is 0 Å². The zero-order chi connectivity index (χ0) is 34.4. The molecule has 0 atom stereocenters. The van der Waals surface area contributed by atoms with Crippen LogP contribution in [0.25, 0.3) is 71.3 Å². The van der Waals surface area contributed by atoms with E-state index < -0.39 is 0 Å². The third kappa shape index (κ3) is 4.88. The average molecular weight is 663 g/mol. The summed E-state index contributed by atoms with van der Waals surface area (Å²) < 4.78 is 2.39. The molecule has 0 N–H and O–H groups in total. The highest BCUT2D eigenvalue weighted by atomic mass is 15.1. The Morgan fingerprint density at radius 2 is 0.750 bits per heavy atom. The molecule has 0 bridgehead atoms. The van der Waals surface area contributed by atoms with Gasteiger partial charge in [0.05, 0.1) is 11.0 Å². The number of nitrogens with zero attached hydrogens (tertiary/aromatic N) is 2. The molecular formula is C50H34N2. The van der Waals surface area contributed by atoms with Crippen LogP contribution in [-0.2, 0) is 0 Å². The number of para-hydroxylation sites is 3. The number of hydrogen-bond donors (Lipinski definition) is 0. The van der Waals surface area contributed by atoms with E-state index >= 15 is 0 Å². The predicted octanol–water partition coefficient (Wildman–Crippen LogP) is 13.9. The van der Waals surface area contributed by atoms with Gasteiger partial charge in [0.2, 0.25) is 0 Å². The van der Waals surface area contributed by atoms with Gasteiger partial charge in [-0.2, -0.15) is 0 Å².